The number of nitrogens with one attached hydrogen (secondary N) is 1. The fraction of sp³-hybridized carbons (Fsp3) is 0.357. The number of rotatable bonds is 6. The quantitative estimate of drug-likeness (QED) is 0.719. The van der Waals surface area contributed by atoms with Gasteiger partial charge in [0.05, 0.1) is 4.47 Å². The number of hydrogen-bond donors (Lipinski definition) is 2. The largest absolute Gasteiger partial charge is 0.481 e. The number of ether oxygens (including phenoxy) is 2. The highest BCUT2D eigenvalue weighted by molar-refractivity contribution is 9.10. The average molecular weight is 391 g/mol. The Morgan fingerprint density at radius 2 is 2.00 bits per heavy atom. The van der Waals surface area contributed by atoms with E-state index < -0.39 is 36.4 Å². The Bertz CT molecular complexity index is 609. The third kappa shape index (κ3) is 6.23. The van der Waals surface area contributed by atoms with Gasteiger partial charge in [-0.15, -0.1) is 0 Å². The van der Waals surface area contributed by atoms with Crippen molar-refractivity contribution in [3.05, 3.63) is 28.5 Å². The molecule has 0 radical (unpaired) electrons. The van der Waals surface area contributed by atoms with Crippen molar-refractivity contribution in [3.8, 4) is 5.75 Å². The van der Waals surface area contributed by atoms with Crippen LogP contribution in [0.4, 0.5) is 9.18 Å². The fourth-order valence-corrected chi connectivity index (χ4v) is 2.05. The van der Waals surface area contributed by atoms with Crippen molar-refractivity contribution in [1.82, 2.24) is 5.32 Å². The Labute approximate surface area is 140 Å². The first-order valence-corrected chi connectivity index (χ1v) is 7.37. The van der Waals surface area contributed by atoms with Crippen LogP contribution >= 0.6 is 15.9 Å². The first-order valence-electron chi connectivity index (χ1n) is 6.58. The highest BCUT2D eigenvalue weighted by Gasteiger charge is 2.27. The number of hydrogen-bond acceptors (Lipinski definition) is 5. The van der Waals surface area contributed by atoms with Gasteiger partial charge in [-0.2, -0.15) is 0 Å². The lowest BCUT2D eigenvalue weighted by atomic mass is 10.1. The Morgan fingerprint density at radius 3 is 2.52 bits per heavy atom. The summed E-state index contributed by atoms with van der Waals surface area (Å²) in [5.74, 6) is -2.24. The lowest BCUT2D eigenvalue weighted by Crippen LogP contribution is -2.46. The summed E-state index contributed by atoms with van der Waals surface area (Å²) in [6, 6.07) is 2.65. The van der Waals surface area contributed by atoms with Gasteiger partial charge in [0.15, 0.2) is 12.7 Å². The molecular formula is C14H16BrFN2O5. The minimum Gasteiger partial charge on any atom is -0.481 e. The molecule has 0 fully saturated rings. The summed E-state index contributed by atoms with van der Waals surface area (Å²) in [5.41, 5.74) is 4.85. The van der Waals surface area contributed by atoms with Gasteiger partial charge >= 0.3 is 12.0 Å². The van der Waals surface area contributed by atoms with Gasteiger partial charge in [-0.25, -0.2) is 14.0 Å². The summed E-state index contributed by atoms with van der Waals surface area (Å²) >= 11 is 3.09. The monoisotopic (exact) mass is 390 g/mol. The van der Waals surface area contributed by atoms with Crippen LogP contribution in [0.3, 0.4) is 0 Å². The van der Waals surface area contributed by atoms with Crippen molar-refractivity contribution < 1.29 is 28.2 Å². The molecule has 9 heteroatoms. The molecule has 0 aliphatic heterocycles. The van der Waals surface area contributed by atoms with E-state index in [2.05, 4.69) is 15.9 Å². The highest BCUT2D eigenvalue weighted by Crippen LogP contribution is 2.25. The number of urea groups is 1. The van der Waals surface area contributed by atoms with Crippen LogP contribution in [0.5, 0.6) is 5.75 Å². The molecule has 3 amide bonds. The molecule has 0 bridgehead atoms. The van der Waals surface area contributed by atoms with E-state index in [0.717, 1.165) is 0 Å². The van der Waals surface area contributed by atoms with E-state index in [-0.39, 0.29) is 11.7 Å². The summed E-state index contributed by atoms with van der Waals surface area (Å²) < 4.78 is 23.4. The lowest BCUT2D eigenvalue weighted by molar-refractivity contribution is -0.160. The predicted molar refractivity (Wildman–Crippen MR) is 82.0 cm³/mol. The molecule has 1 aromatic rings. The number of benzene rings is 1. The van der Waals surface area contributed by atoms with Crippen LogP contribution in [0.25, 0.3) is 0 Å². The molecule has 0 aliphatic carbocycles. The number of nitrogens with two attached hydrogens (primary N) is 1. The summed E-state index contributed by atoms with van der Waals surface area (Å²) in [6.45, 7) is 2.78. The van der Waals surface area contributed by atoms with Crippen LogP contribution in [0.2, 0.25) is 0 Å². The highest BCUT2D eigenvalue weighted by atomic mass is 79.9. The Kier molecular flexibility index (Phi) is 6.95. The maximum Gasteiger partial charge on any atom is 0.344 e. The Morgan fingerprint density at radius 1 is 1.35 bits per heavy atom. The van der Waals surface area contributed by atoms with Gasteiger partial charge in [-0.05, 0) is 40.0 Å². The Hall–Kier alpha value is -2.16. The van der Waals surface area contributed by atoms with E-state index >= 15 is 0 Å². The van der Waals surface area contributed by atoms with Gasteiger partial charge in [0.2, 0.25) is 0 Å². The molecule has 1 rings (SSSR count). The molecule has 0 saturated carbocycles. The normalized spacial score (nSPS) is 11.7. The maximum atomic E-state index is 12.9. The first-order chi connectivity index (χ1) is 10.7. The SMILES string of the molecule is CC(C)[C@H](OC(=O)COc1ccc(F)cc1Br)C(=O)NC(N)=O. The topological polar surface area (TPSA) is 108 Å². The summed E-state index contributed by atoms with van der Waals surface area (Å²) in [7, 11) is 0. The number of primary amides is 1. The second-order valence-electron chi connectivity index (χ2n) is 4.87. The predicted octanol–water partition coefficient (Wildman–Crippen LogP) is 1.73. The van der Waals surface area contributed by atoms with E-state index in [1.54, 1.807) is 13.8 Å². The number of amides is 3. The number of halogens is 2. The molecule has 23 heavy (non-hydrogen) atoms. The zero-order chi connectivity index (χ0) is 17.6. The third-order valence-corrected chi connectivity index (χ3v) is 3.23. The van der Waals surface area contributed by atoms with E-state index in [1.807, 2.05) is 5.32 Å². The zero-order valence-electron chi connectivity index (χ0n) is 12.5. The summed E-state index contributed by atoms with van der Waals surface area (Å²) in [5, 5.41) is 1.85. The average Bonchev–Trinajstić information content (AvgIpc) is 2.42. The second kappa shape index (κ2) is 8.47. The zero-order valence-corrected chi connectivity index (χ0v) is 14.1. The van der Waals surface area contributed by atoms with Crippen LogP contribution in [0, 0.1) is 11.7 Å². The van der Waals surface area contributed by atoms with Crippen molar-refractivity contribution in [2.45, 2.75) is 20.0 Å². The number of carbonyl (C=O) groups is 3. The van der Waals surface area contributed by atoms with Gasteiger partial charge in [0.25, 0.3) is 5.91 Å². The van der Waals surface area contributed by atoms with E-state index in [0.29, 0.717) is 4.47 Å². The molecule has 0 unspecified atom stereocenters. The van der Waals surface area contributed by atoms with Crippen molar-refractivity contribution in [2.24, 2.45) is 11.7 Å². The summed E-state index contributed by atoms with van der Waals surface area (Å²) in [6.07, 6.45) is -1.18. The van der Waals surface area contributed by atoms with Gasteiger partial charge in [-0.1, -0.05) is 13.8 Å². The molecule has 0 aromatic heterocycles. The molecule has 3 N–H and O–H groups in total. The van der Waals surface area contributed by atoms with Crippen LogP contribution in [0.15, 0.2) is 22.7 Å². The minimum absolute atomic E-state index is 0.242. The van der Waals surface area contributed by atoms with Gasteiger partial charge in [0.1, 0.15) is 11.6 Å². The van der Waals surface area contributed by atoms with Gasteiger partial charge in [0, 0.05) is 0 Å². The van der Waals surface area contributed by atoms with E-state index in [4.69, 9.17) is 15.2 Å². The first kappa shape index (κ1) is 18.9. The molecular weight excluding hydrogens is 375 g/mol. The second-order valence-corrected chi connectivity index (χ2v) is 5.73. The number of imide groups is 1. The van der Waals surface area contributed by atoms with E-state index in [1.165, 1.54) is 18.2 Å². The van der Waals surface area contributed by atoms with Crippen molar-refractivity contribution in [1.29, 1.82) is 0 Å². The van der Waals surface area contributed by atoms with Crippen molar-refractivity contribution in [3.63, 3.8) is 0 Å². The number of esters is 1. The molecule has 126 valence electrons. The molecule has 1 aromatic carbocycles. The lowest BCUT2D eigenvalue weighted by Gasteiger charge is -2.20. The van der Waals surface area contributed by atoms with Crippen molar-refractivity contribution >= 4 is 33.8 Å². The Balaban J connectivity index is 2.62. The minimum atomic E-state index is -1.18. The van der Waals surface area contributed by atoms with Crippen LogP contribution in [-0.2, 0) is 14.3 Å². The third-order valence-electron chi connectivity index (χ3n) is 2.61. The maximum absolute atomic E-state index is 12.9. The van der Waals surface area contributed by atoms with E-state index in [9.17, 15) is 18.8 Å². The van der Waals surface area contributed by atoms with Gasteiger partial charge in [-0.3, -0.25) is 10.1 Å². The van der Waals surface area contributed by atoms with Crippen LogP contribution < -0.4 is 15.8 Å². The van der Waals surface area contributed by atoms with Crippen LogP contribution in [-0.4, -0.2) is 30.6 Å². The van der Waals surface area contributed by atoms with Gasteiger partial charge < -0.3 is 15.2 Å². The van der Waals surface area contributed by atoms with Crippen molar-refractivity contribution in [2.75, 3.05) is 6.61 Å². The molecule has 0 aliphatic rings. The fourth-order valence-electron chi connectivity index (χ4n) is 1.59. The molecule has 0 heterocycles. The molecule has 0 spiro atoms. The van der Waals surface area contributed by atoms with Crippen LogP contribution in [0.1, 0.15) is 13.8 Å². The smallest absolute Gasteiger partial charge is 0.344 e. The molecule has 1 atom stereocenters. The molecule has 0 saturated heterocycles. The summed E-state index contributed by atoms with van der Waals surface area (Å²) in [4.78, 5) is 34.2. The number of carbonyl (C=O) groups excluding carboxylic acids is 3. The standard InChI is InChI=1S/C14H16BrFN2O5/c1-7(2)12(13(20)18-14(17)21)23-11(19)6-22-10-4-3-8(16)5-9(10)15/h3-5,7,12H,6H2,1-2H3,(H3,17,18,20,21)/t12-/m0/s1. The molecule has 7 nitrogen and oxygen atoms in total.